The third kappa shape index (κ3) is 2.67. The van der Waals surface area contributed by atoms with E-state index in [1.807, 2.05) is 25.1 Å². The Balaban J connectivity index is 1.91. The van der Waals surface area contributed by atoms with Gasteiger partial charge in [-0.2, -0.15) is 4.98 Å². The average molecular weight is 217 g/mol. The van der Waals surface area contributed by atoms with Gasteiger partial charge in [-0.05, 0) is 19.4 Å². The molecule has 0 aliphatic carbocycles. The van der Waals surface area contributed by atoms with Crippen molar-refractivity contribution >= 4 is 0 Å². The van der Waals surface area contributed by atoms with Gasteiger partial charge in [0.2, 0.25) is 5.89 Å². The standard InChI is InChI=1S/C12H15N3O/c1-9(11-6-4-3-5-7-11)13-8-12-14-10(2)15-16-12/h3-7,9,13H,8H2,1-2H3. The predicted octanol–water partition coefficient (Wildman–Crippen LogP) is 2.23. The first kappa shape index (κ1) is 10.8. The van der Waals surface area contributed by atoms with Gasteiger partial charge in [0, 0.05) is 6.04 Å². The molecule has 0 saturated carbocycles. The quantitative estimate of drug-likeness (QED) is 0.853. The molecular weight excluding hydrogens is 202 g/mol. The van der Waals surface area contributed by atoms with Crippen LogP contribution in [0.15, 0.2) is 34.9 Å². The molecule has 1 N–H and O–H groups in total. The molecule has 1 aromatic carbocycles. The maximum atomic E-state index is 5.03. The molecule has 1 unspecified atom stereocenters. The van der Waals surface area contributed by atoms with Gasteiger partial charge in [0.25, 0.3) is 0 Å². The van der Waals surface area contributed by atoms with Crippen LogP contribution in [0.5, 0.6) is 0 Å². The van der Waals surface area contributed by atoms with Crippen molar-refractivity contribution < 1.29 is 4.52 Å². The van der Waals surface area contributed by atoms with Gasteiger partial charge in [-0.15, -0.1) is 0 Å². The average Bonchev–Trinajstić information content (AvgIpc) is 2.73. The fourth-order valence-corrected chi connectivity index (χ4v) is 1.51. The van der Waals surface area contributed by atoms with E-state index in [2.05, 4.69) is 34.5 Å². The van der Waals surface area contributed by atoms with Gasteiger partial charge < -0.3 is 9.84 Å². The second-order valence-corrected chi connectivity index (χ2v) is 3.75. The lowest BCUT2D eigenvalue weighted by Gasteiger charge is -2.12. The zero-order valence-corrected chi connectivity index (χ0v) is 9.47. The summed E-state index contributed by atoms with van der Waals surface area (Å²) in [5.41, 5.74) is 1.25. The molecule has 0 amide bonds. The topological polar surface area (TPSA) is 51.0 Å². The summed E-state index contributed by atoms with van der Waals surface area (Å²) in [5, 5.41) is 7.07. The number of nitrogens with one attached hydrogen (secondary N) is 1. The van der Waals surface area contributed by atoms with E-state index in [0.717, 1.165) is 0 Å². The summed E-state index contributed by atoms with van der Waals surface area (Å²) in [5.74, 6) is 1.30. The molecule has 0 saturated heterocycles. The first-order valence-electron chi connectivity index (χ1n) is 5.33. The third-order valence-corrected chi connectivity index (χ3v) is 2.43. The molecule has 0 aliphatic heterocycles. The molecule has 4 nitrogen and oxygen atoms in total. The molecule has 0 bridgehead atoms. The molecule has 1 atom stereocenters. The van der Waals surface area contributed by atoms with E-state index in [1.165, 1.54) is 5.56 Å². The van der Waals surface area contributed by atoms with Gasteiger partial charge >= 0.3 is 0 Å². The summed E-state index contributed by atoms with van der Waals surface area (Å²) >= 11 is 0. The molecule has 84 valence electrons. The maximum absolute atomic E-state index is 5.03. The number of hydrogen-bond donors (Lipinski definition) is 1. The summed E-state index contributed by atoms with van der Waals surface area (Å²) in [6.07, 6.45) is 0. The molecule has 2 aromatic rings. The van der Waals surface area contributed by atoms with Crippen LogP contribution in [0, 0.1) is 6.92 Å². The summed E-state index contributed by atoms with van der Waals surface area (Å²) in [6.45, 7) is 4.52. The van der Waals surface area contributed by atoms with Gasteiger partial charge in [0.15, 0.2) is 5.82 Å². The minimum absolute atomic E-state index is 0.272. The zero-order chi connectivity index (χ0) is 11.4. The molecule has 4 heteroatoms. The number of rotatable bonds is 4. The van der Waals surface area contributed by atoms with Crippen molar-refractivity contribution in [3.8, 4) is 0 Å². The van der Waals surface area contributed by atoms with Crippen molar-refractivity contribution in [1.82, 2.24) is 15.5 Å². The van der Waals surface area contributed by atoms with Gasteiger partial charge in [-0.3, -0.25) is 0 Å². The Labute approximate surface area is 94.7 Å². The number of benzene rings is 1. The smallest absolute Gasteiger partial charge is 0.240 e. The van der Waals surface area contributed by atoms with Gasteiger partial charge in [-0.1, -0.05) is 35.5 Å². The van der Waals surface area contributed by atoms with Crippen LogP contribution >= 0.6 is 0 Å². The Bertz CT molecular complexity index is 439. The lowest BCUT2D eigenvalue weighted by atomic mass is 10.1. The van der Waals surface area contributed by atoms with E-state index in [4.69, 9.17) is 4.52 Å². The molecule has 16 heavy (non-hydrogen) atoms. The Morgan fingerprint density at radius 3 is 2.69 bits per heavy atom. The van der Waals surface area contributed by atoms with Crippen LogP contribution in [0.3, 0.4) is 0 Å². The molecule has 0 radical (unpaired) electrons. The Kier molecular flexibility index (Phi) is 3.31. The molecule has 2 rings (SSSR count). The molecule has 1 aromatic heterocycles. The van der Waals surface area contributed by atoms with Crippen molar-refractivity contribution in [2.24, 2.45) is 0 Å². The van der Waals surface area contributed by atoms with E-state index >= 15 is 0 Å². The van der Waals surface area contributed by atoms with Crippen molar-refractivity contribution in [3.63, 3.8) is 0 Å². The third-order valence-electron chi connectivity index (χ3n) is 2.43. The minimum Gasteiger partial charge on any atom is -0.338 e. The van der Waals surface area contributed by atoms with E-state index in [9.17, 15) is 0 Å². The monoisotopic (exact) mass is 217 g/mol. The maximum Gasteiger partial charge on any atom is 0.240 e. The van der Waals surface area contributed by atoms with Gasteiger partial charge in [0.05, 0.1) is 6.54 Å². The van der Waals surface area contributed by atoms with Crippen molar-refractivity contribution in [2.45, 2.75) is 26.4 Å². The van der Waals surface area contributed by atoms with E-state index in [-0.39, 0.29) is 6.04 Å². The van der Waals surface area contributed by atoms with Gasteiger partial charge in [0.1, 0.15) is 0 Å². The molecule has 0 fully saturated rings. The van der Waals surface area contributed by atoms with Crippen LogP contribution in [-0.2, 0) is 6.54 Å². The highest BCUT2D eigenvalue weighted by molar-refractivity contribution is 5.17. The van der Waals surface area contributed by atoms with Crippen LogP contribution in [0.2, 0.25) is 0 Å². The minimum atomic E-state index is 0.272. The highest BCUT2D eigenvalue weighted by Crippen LogP contribution is 2.11. The second-order valence-electron chi connectivity index (χ2n) is 3.75. The van der Waals surface area contributed by atoms with E-state index in [1.54, 1.807) is 0 Å². The molecule has 1 heterocycles. The first-order valence-corrected chi connectivity index (χ1v) is 5.33. The second kappa shape index (κ2) is 4.90. The Morgan fingerprint density at radius 2 is 2.06 bits per heavy atom. The number of aryl methyl sites for hydroxylation is 1. The highest BCUT2D eigenvalue weighted by Gasteiger charge is 2.07. The molecular formula is C12H15N3O. The van der Waals surface area contributed by atoms with Crippen molar-refractivity contribution in [1.29, 1.82) is 0 Å². The van der Waals surface area contributed by atoms with Crippen LogP contribution in [-0.4, -0.2) is 10.1 Å². The largest absolute Gasteiger partial charge is 0.338 e. The summed E-state index contributed by atoms with van der Waals surface area (Å²) in [4.78, 5) is 4.14. The van der Waals surface area contributed by atoms with Crippen LogP contribution in [0.25, 0.3) is 0 Å². The van der Waals surface area contributed by atoms with Crippen LogP contribution < -0.4 is 5.32 Å². The lowest BCUT2D eigenvalue weighted by molar-refractivity contribution is 0.357. The number of nitrogens with zero attached hydrogens (tertiary/aromatic N) is 2. The van der Waals surface area contributed by atoms with Crippen LogP contribution in [0.1, 0.15) is 30.2 Å². The fraction of sp³-hybridized carbons (Fsp3) is 0.333. The normalized spacial score (nSPS) is 12.6. The first-order chi connectivity index (χ1) is 7.75. The number of aromatic nitrogens is 2. The highest BCUT2D eigenvalue weighted by atomic mass is 16.5. The summed E-state index contributed by atoms with van der Waals surface area (Å²) < 4.78 is 5.03. The van der Waals surface area contributed by atoms with Crippen LogP contribution in [0.4, 0.5) is 0 Å². The fourth-order valence-electron chi connectivity index (χ4n) is 1.51. The molecule has 0 spiro atoms. The van der Waals surface area contributed by atoms with E-state index in [0.29, 0.717) is 18.3 Å². The van der Waals surface area contributed by atoms with Crippen molar-refractivity contribution in [2.75, 3.05) is 0 Å². The van der Waals surface area contributed by atoms with Crippen molar-refractivity contribution in [3.05, 3.63) is 47.6 Å². The molecule has 0 aliphatic rings. The summed E-state index contributed by atoms with van der Waals surface area (Å²) in [6, 6.07) is 10.5. The SMILES string of the molecule is Cc1noc(CNC(C)c2ccccc2)n1. The van der Waals surface area contributed by atoms with E-state index < -0.39 is 0 Å². The Morgan fingerprint density at radius 1 is 1.31 bits per heavy atom. The Hall–Kier alpha value is -1.68. The lowest BCUT2D eigenvalue weighted by Crippen LogP contribution is -2.18. The summed E-state index contributed by atoms with van der Waals surface area (Å²) in [7, 11) is 0. The van der Waals surface area contributed by atoms with Gasteiger partial charge in [-0.25, -0.2) is 0 Å². The predicted molar refractivity (Wildman–Crippen MR) is 60.7 cm³/mol. The zero-order valence-electron chi connectivity index (χ0n) is 9.47. The number of hydrogen-bond acceptors (Lipinski definition) is 4.